The maximum atomic E-state index is 12.5. The molecule has 1 rings (SSSR count). The number of carbonyl (C=O) groups excluding carboxylic acids is 1. The molecule has 1 aromatic carbocycles. The van der Waals surface area contributed by atoms with E-state index in [1.54, 1.807) is 26.8 Å². The molecule has 0 fully saturated rings. The Morgan fingerprint density at radius 2 is 1.81 bits per heavy atom. The fourth-order valence-electron chi connectivity index (χ4n) is 1.71. The Morgan fingerprint density at radius 1 is 1.24 bits per heavy atom. The summed E-state index contributed by atoms with van der Waals surface area (Å²) in [5.74, 6) is -4.51. The van der Waals surface area contributed by atoms with Crippen LogP contribution in [0.25, 0.3) is 0 Å². The van der Waals surface area contributed by atoms with Crippen molar-refractivity contribution in [2.75, 3.05) is 0 Å². The van der Waals surface area contributed by atoms with Gasteiger partial charge in [-0.25, -0.2) is 4.79 Å². The van der Waals surface area contributed by atoms with E-state index in [-0.39, 0.29) is 22.2 Å². The minimum absolute atomic E-state index is 0.0401. The molecule has 0 aliphatic heterocycles. The van der Waals surface area contributed by atoms with Crippen molar-refractivity contribution < 1.29 is 23.5 Å². The number of amides is 1. The van der Waals surface area contributed by atoms with Crippen molar-refractivity contribution in [2.24, 2.45) is 5.41 Å². The Morgan fingerprint density at radius 3 is 2.29 bits per heavy atom. The Labute approximate surface area is 125 Å². The number of carboxylic acids is 1. The van der Waals surface area contributed by atoms with Crippen LogP contribution in [0.1, 0.15) is 31.1 Å². The summed E-state index contributed by atoms with van der Waals surface area (Å²) in [5, 5.41) is 11.6. The molecule has 21 heavy (non-hydrogen) atoms. The molecule has 7 heteroatoms. The van der Waals surface area contributed by atoms with E-state index >= 15 is 0 Å². The van der Waals surface area contributed by atoms with E-state index in [1.807, 2.05) is 0 Å². The topological polar surface area (TPSA) is 66.4 Å². The number of carbonyl (C=O) groups is 2. The smallest absolute Gasteiger partial charge is 0.326 e. The fourth-order valence-corrected chi connectivity index (χ4v) is 2.35. The van der Waals surface area contributed by atoms with Gasteiger partial charge >= 0.3 is 5.97 Å². The Hall–Kier alpha value is -1.63. The largest absolute Gasteiger partial charge is 0.480 e. The summed E-state index contributed by atoms with van der Waals surface area (Å²) >= 11 is 0.255. The molecular formula is C14H17F2NO3S. The molecule has 0 aromatic heterocycles. The van der Waals surface area contributed by atoms with E-state index in [9.17, 15) is 23.5 Å². The van der Waals surface area contributed by atoms with Gasteiger partial charge in [-0.2, -0.15) is 8.78 Å². The third kappa shape index (κ3) is 5.00. The summed E-state index contributed by atoms with van der Waals surface area (Å²) in [6.45, 7) is 5.02. The maximum Gasteiger partial charge on any atom is 0.326 e. The number of carboxylic acid groups (broad SMARTS) is 1. The van der Waals surface area contributed by atoms with E-state index < -0.39 is 29.1 Å². The van der Waals surface area contributed by atoms with Gasteiger partial charge in [0.05, 0.1) is 5.56 Å². The number of thioether (sulfide) groups is 1. The number of hydrogen-bond donors (Lipinski definition) is 2. The number of hydrogen-bond acceptors (Lipinski definition) is 3. The number of alkyl halides is 2. The molecule has 0 aliphatic rings. The van der Waals surface area contributed by atoms with Crippen LogP contribution in [0, 0.1) is 5.41 Å². The Kier molecular flexibility index (Phi) is 5.71. The quantitative estimate of drug-likeness (QED) is 0.818. The van der Waals surface area contributed by atoms with Gasteiger partial charge in [0.2, 0.25) is 0 Å². The predicted octanol–water partition coefficient (Wildman–Crippen LogP) is 3.23. The van der Waals surface area contributed by atoms with Gasteiger partial charge in [-0.1, -0.05) is 44.7 Å². The van der Waals surface area contributed by atoms with Gasteiger partial charge in [-0.3, -0.25) is 4.79 Å². The number of nitrogens with one attached hydrogen (secondary N) is 1. The normalized spacial score (nSPS) is 13.0. The third-order valence-electron chi connectivity index (χ3n) is 2.74. The van der Waals surface area contributed by atoms with Crippen molar-refractivity contribution in [1.82, 2.24) is 5.32 Å². The zero-order chi connectivity index (χ0) is 16.2. The van der Waals surface area contributed by atoms with Crippen LogP contribution < -0.4 is 5.32 Å². The molecule has 1 unspecified atom stereocenters. The van der Waals surface area contributed by atoms with E-state index in [0.717, 1.165) is 0 Å². The molecule has 2 N–H and O–H groups in total. The van der Waals surface area contributed by atoms with Crippen molar-refractivity contribution in [3.63, 3.8) is 0 Å². The molecule has 0 saturated carbocycles. The summed E-state index contributed by atoms with van der Waals surface area (Å²) in [6, 6.07) is 4.76. The third-order valence-corrected chi connectivity index (χ3v) is 3.52. The first-order valence-corrected chi connectivity index (χ1v) is 7.08. The molecule has 4 nitrogen and oxygen atoms in total. The van der Waals surface area contributed by atoms with Crippen LogP contribution in [-0.4, -0.2) is 28.8 Å². The average molecular weight is 317 g/mol. The number of aliphatic carboxylic acids is 1. The van der Waals surface area contributed by atoms with Crippen LogP contribution in [0.2, 0.25) is 0 Å². The molecule has 0 spiro atoms. The SMILES string of the molecule is CC(C)(C)C(NC(=O)c1ccccc1SC(F)F)C(=O)O. The second kappa shape index (κ2) is 6.89. The van der Waals surface area contributed by atoms with Crippen molar-refractivity contribution in [2.45, 2.75) is 37.5 Å². The standard InChI is InChI=1S/C14H17F2NO3S/c1-14(2,3)10(12(19)20)17-11(18)8-6-4-5-7-9(8)21-13(15)16/h4-7,10,13H,1-3H3,(H,17,18)(H,19,20). The van der Waals surface area contributed by atoms with Crippen LogP contribution in [0.5, 0.6) is 0 Å². The van der Waals surface area contributed by atoms with Crippen molar-refractivity contribution in [3.05, 3.63) is 29.8 Å². The van der Waals surface area contributed by atoms with E-state index in [0.29, 0.717) is 0 Å². The molecule has 0 radical (unpaired) electrons. The number of benzene rings is 1. The molecule has 116 valence electrons. The summed E-state index contributed by atoms with van der Waals surface area (Å²) in [7, 11) is 0. The fraction of sp³-hybridized carbons (Fsp3) is 0.429. The molecule has 0 saturated heterocycles. The van der Waals surface area contributed by atoms with Crippen LogP contribution in [0.3, 0.4) is 0 Å². The van der Waals surface area contributed by atoms with E-state index in [1.165, 1.54) is 18.2 Å². The first-order chi connectivity index (χ1) is 9.62. The molecule has 1 atom stereocenters. The first kappa shape index (κ1) is 17.4. The van der Waals surface area contributed by atoms with Crippen molar-refractivity contribution in [3.8, 4) is 0 Å². The predicted molar refractivity (Wildman–Crippen MR) is 76.6 cm³/mol. The minimum atomic E-state index is -2.66. The van der Waals surface area contributed by atoms with Gasteiger partial charge in [0.1, 0.15) is 6.04 Å². The van der Waals surface area contributed by atoms with E-state index in [4.69, 9.17) is 0 Å². The molecule has 1 amide bonds. The van der Waals surface area contributed by atoms with Gasteiger partial charge in [-0.05, 0) is 17.5 Å². The van der Waals surface area contributed by atoms with E-state index in [2.05, 4.69) is 5.32 Å². The number of rotatable bonds is 5. The average Bonchev–Trinajstić information content (AvgIpc) is 2.33. The molecular weight excluding hydrogens is 300 g/mol. The number of halogens is 2. The summed E-state index contributed by atoms with van der Waals surface area (Å²) < 4.78 is 25.0. The van der Waals surface area contributed by atoms with Crippen LogP contribution >= 0.6 is 11.8 Å². The van der Waals surface area contributed by atoms with Gasteiger partial charge in [0.15, 0.2) is 0 Å². The van der Waals surface area contributed by atoms with Crippen LogP contribution in [-0.2, 0) is 4.79 Å². The highest BCUT2D eigenvalue weighted by Crippen LogP contribution is 2.29. The Balaban J connectivity index is 3.01. The molecule has 0 aliphatic carbocycles. The highest BCUT2D eigenvalue weighted by Gasteiger charge is 2.33. The lowest BCUT2D eigenvalue weighted by Crippen LogP contribution is -2.49. The van der Waals surface area contributed by atoms with Gasteiger partial charge < -0.3 is 10.4 Å². The monoisotopic (exact) mass is 317 g/mol. The second-order valence-electron chi connectivity index (χ2n) is 5.49. The summed E-state index contributed by atoms with van der Waals surface area (Å²) in [6.07, 6.45) is 0. The summed E-state index contributed by atoms with van der Waals surface area (Å²) in [5.41, 5.74) is -0.662. The zero-order valence-corrected chi connectivity index (χ0v) is 12.7. The first-order valence-electron chi connectivity index (χ1n) is 6.20. The Bertz CT molecular complexity index is 529. The van der Waals surface area contributed by atoms with Gasteiger partial charge in [0.25, 0.3) is 11.7 Å². The molecule has 1 aromatic rings. The lowest BCUT2D eigenvalue weighted by molar-refractivity contribution is -0.142. The second-order valence-corrected chi connectivity index (χ2v) is 6.52. The van der Waals surface area contributed by atoms with Crippen LogP contribution in [0.15, 0.2) is 29.2 Å². The lowest BCUT2D eigenvalue weighted by atomic mass is 9.86. The summed E-state index contributed by atoms with van der Waals surface area (Å²) in [4.78, 5) is 23.5. The highest BCUT2D eigenvalue weighted by molar-refractivity contribution is 7.99. The zero-order valence-electron chi connectivity index (χ0n) is 11.9. The molecule has 0 heterocycles. The van der Waals surface area contributed by atoms with Gasteiger partial charge in [0, 0.05) is 4.90 Å². The highest BCUT2D eigenvalue weighted by atomic mass is 32.2. The van der Waals surface area contributed by atoms with Gasteiger partial charge in [-0.15, -0.1) is 0 Å². The van der Waals surface area contributed by atoms with Crippen molar-refractivity contribution >= 4 is 23.6 Å². The van der Waals surface area contributed by atoms with Crippen molar-refractivity contribution in [1.29, 1.82) is 0 Å². The maximum absolute atomic E-state index is 12.5. The van der Waals surface area contributed by atoms with Crippen LogP contribution in [0.4, 0.5) is 8.78 Å². The minimum Gasteiger partial charge on any atom is -0.480 e. The lowest BCUT2D eigenvalue weighted by Gasteiger charge is -2.28. The molecule has 0 bridgehead atoms.